The van der Waals surface area contributed by atoms with Crippen molar-refractivity contribution in [1.29, 1.82) is 0 Å². The van der Waals surface area contributed by atoms with Crippen LogP contribution in [0.1, 0.15) is 30.6 Å². The van der Waals surface area contributed by atoms with Gasteiger partial charge in [-0.25, -0.2) is 0 Å². The summed E-state index contributed by atoms with van der Waals surface area (Å²) in [5.74, 6) is 0.352. The lowest BCUT2D eigenvalue weighted by atomic mass is 9.97. The van der Waals surface area contributed by atoms with Crippen molar-refractivity contribution in [3.8, 4) is 5.75 Å². The van der Waals surface area contributed by atoms with Crippen LogP contribution in [-0.2, 0) is 9.47 Å². The molecule has 5 heteroatoms. The Morgan fingerprint density at radius 3 is 2.50 bits per heavy atom. The summed E-state index contributed by atoms with van der Waals surface area (Å²) >= 11 is 0. The Labute approximate surface area is 118 Å². The monoisotopic (exact) mass is 280 g/mol. The van der Waals surface area contributed by atoms with Gasteiger partial charge in [0.2, 0.25) is 0 Å². The molecule has 1 aliphatic rings. The SMILES string of the molecule is CC(C)(O)C(=O)c1ccc(OCCOC2CCO2)cc1. The summed E-state index contributed by atoms with van der Waals surface area (Å²) in [4.78, 5) is 11.8. The van der Waals surface area contributed by atoms with E-state index in [1.807, 2.05) is 0 Å². The number of hydrogen-bond donors (Lipinski definition) is 1. The summed E-state index contributed by atoms with van der Waals surface area (Å²) < 4.78 is 16.0. The second-order valence-electron chi connectivity index (χ2n) is 5.22. The Morgan fingerprint density at radius 2 is 2.00 bits per heavy atom. The summed E-state index contributed by atoms with van der Waals surface area (Å²) in [6, 6.07) is 6.70. The molecule has 1 aromatic carbocycles. The topological polar surface area (TPSA) is 65.0 Å². The molecule has 20 heavy (non-hydrogen) atoms. The van der Waals surface area contributed by atoms with Crippen LogP contribution < -0.4 is 4.74 Å². The van der Waals surface area contributed by atoms with E-state index in [2.05, 4.69) is 0 Å². The summed E-state index contributed by atoms with van der Waals surface area (Å²) in [7, 11) is 0. The minimum Gasteiger partial charge on any atom is -0.491 e. The number of benzene rings is 1. The first-order valence-electron chi connectivity index (χ1n) is 6.70. The van der Waals surface area contributed by atoms with E-state index >= 15 is 0 Å². The van der Waals surface area contributed by atoms with E-state index in [9.17, 15) is 9.90 Å². The molecule has 0 bridgehead atoms. The van der Waals surface area contributed by atoms with Gasteiger partial charge in [-0.1, -0.05) is 0 Å². The Morgan fingerprint density at radius 1 is 1.35 bits per heavy atom. The molecule has 1 aliphatic heterocycles. The Hall–Kier alpha value is -1.43. The van der Waals surface area contributed by atoms with Gasteiger partial charge in [0.1, 0.15) is 18.0 Å². The highest BCUT2D eigenvalue weighted by atomic mass is 16.7. The van der Waals surface area contributed by atoms with Crippen LogP contribution in [0.4, 0.5) is 0 Å². The Bertz CT molecular complexity index is 442. The maximum atomic E-state index is 11.8. The third kappa shape index (κ3) is 4.03. The van der Waals surface area contributed by atoms with Crippen LogP contribution in [0.2, 0.25) is 0 Å². The van der Waals surface area contributed by atoms with Crippen LogP contribution in [0, 0.1) is 0 Å². The van der Waals surface area contributed by atoms with Crippen molar-refractivity contribution in [2.45, 2.75) is 32.2 Å². The van der Waals surface area contributed by atoms with Crippen LogP contribution in [0.15, 0.2) is 24.3 Å². The number of Topliss-reactive ketones (excluding diaryl/α,β-unsaturated/α-hetero) is 1. The standard InChI is InChI=1S/C15H20O5/c1-15(2,17)14(16)11-3-5-12(6-4-11)18-9-10-20-13-7-8-19-13/h3-6,13,17H,7-10H2,1-2H3. The minimum absolute atomic E-state index is 0.0783. The maximum absolute atomic E-state index is 11.8. The molecule has 1 aromatic rings. The van der Waals surface area contributed by atoms with Gasteiger partial charge in [-0.05, 0) is 38.1 Å². The van der Waals surface area contributed by atoms with E-state index in [0.29, 0.717) is 24.5 Å². The van der Waals surface area contributed by atoms with Crippen molar-refractivity contribution in [3.63, 3.8) is 0 Å². The van der Waals surface area contributed by atoms with Gasteiger partial charge in [-0.15, -0.1) is 0 Å². The summed E-state index contributed by atoms with van der Waals surface area (Å²) in [5, 5.41) is 9.65. The number of ether oxygens (including phenoxy) is 3. The Balaban J connectivity index is 1.77. The number of carbonyl (C=O) groups is 1. The molecule has 1 fully saturated rings. The highest BCUT2D eigenvalue weighted by molar-refractivity contribution is 6.01. The Kier molecular flexibility index (Phi) is 4.75. The number of carbonyl (C=O) groups excluding carboxylic acids is 1. The predicted molar refractivity (Wildman–Crippen MR) is 72.9 cm³/mol. The number of hydrogen-bond acceptors (Lipinski definition) is 5. The van der Waals surface area contributed by atoms with E-state index in [1.165, 1.54) is 13.8 Å². The molecule has 1 saturated heterocycles. The van der Waals surface area contributed by atoms with E-state index in [1.54, 1.807) is 24.3 Å². The molecule has 0 spiro atoms. The zero-order valence-corrected chi connectivity index (χ0v) is 11.8. The molecule has 110 valence electrons. The van der Waals surface area contributed by atoms with Crippen molar-refractivity contribution in [3.05, 3.63) is 29.8 Å². The fourth-order valence-corrected chi connectivity index (χ4v) is 1.74. The second kappa shape index (κ2) is 6.35. The molecular weight excluding hydrogens is 260 g/mol. The molecule has 1 heterocycles. The van der Waals surface area contributed by atoms with Gasteiger partial charge in [-0.2, -0.15) is 0 Å². The molecular formula is C15H20O5. The molecule has 0 aromatic heterocycles. The van der Waals surface area contributed by atoms with Crippen LogP contribution in [0.25, 0.3) is 0 Å². The quantitative estimate of drug-likeness (QED) is 0.609. The fraction of sp³-hybridized carbons (Fsp3) is 0.533. The lowest BCUT2D eigenvalue weighted by Gasteiger charge is -2.26. The number of aliphatic hydroxyl groups is 1. The summed E-state index contributed by atoms with van der Waals surface area (Å²) in [6.07, 6.45) is 0.860. The lowest BCUT2D eigenvalue weighted by molar-refractivity contribution is -0.216. The first-order chi connectivity index (χ1) is 9.47. The zero-order valence-electron chi connectivity index (χ0n) is 11.8. The third-order valence-corrected chi connectivity index (χ3v) is 2.99. The van der Waals surface area contributed by atoms with E-state index in [0.717, 1.165) is 13.0 Å². The minimum atomic E-state index is -1.36. The molecule has 1 atom stereocenters. The first kappa shape index (κ1) is 15.0. The molecule has 0 saturated carbocycles. The maximum Gasteiger partial charge on any atom is 0.193 e. The van der Waals surface area contributed by atoms with Crippen molar-refractivity contribution in [2.24, 2.45) is 0 Å². The van der Waals surface area contributed by atoms with Gasteiger partial charge in [0.05, 0.1) is 13.2 Å². The van der Waals surface area contributed by atoms with Gasteiger partial charge in [0.25, 0.3) is 0 Å². The number of rotatable bonds is 7. The lowest BCUT2D eigenvalue weighted by Crippen LogP contribution is -2.31. The highest BCUT2D eigenvalue weighted by Gasteiger charge is 2.25. The van der Waals surface area contributed by atoms with E-state index < -0.39 is 5.60 Å². The molecule has 0 aliphatic carbocycles. The first-order valence-corrected chi connectivity index (χ1v) is 6.70. The number of ketones is 1. The van der Waals surface area contributed by atoms with Crippen LogP contribution >= 0.6 is 0 Å². The van der Waals surface area contributed by atoms with Crippen molar-refractivity contribution < 1.29 is 24.1 Å². The van der Waals surface area contributed by atoms with E-state index in [4.69, 9.17) is 14.2 Å². The second-order valence-corrected chi connectivity index (χ2v) is 5.22. The van der Waals surface area contributed by atoms with Gasteiger partial charge < -0.3 is 19.3 Å². The van der Waals surface area contributed by atoms with Crippen molar-refractivity contribution in [2.75, 3.05) is 19.8 Å². The van der Waals surface area contributed by atoms with Crippen LogP contribution in [-0.4, -0.2) is 42.6 Å². The summed E-state index contributed by atoms with van der Waals surface area (Å²) in [6.45, 7) is 4.61. The average Bonchev–Trinajstić information content (AvgIpc) is 2.35. The predicted octanol–water partition coefficient (Wildman–Crippen LogP) is 1.78. The zero-order chi connectivity index (χ0) is 14.6. The fourth-order valence-electron chi connectivity index (χ4n) is 1.74. The van der Waals surface area contributed by atoms with Crippen molar-refractivity contribution in [1.82, 2.24) is 0 Å². The van der Waals surface area contributed by atoms with Gasteiger partial charge in [0.15, 0.2) is 12.1 Å². The van der Waals surface area contributed by atoms with Gasteiger partial charge >= 0.3 is 0 Å². The van der Waals surface area contributed by atoms with Crippen molar-refractivity contribution >= 4 is 5.78 Å². The van der Waals surface area contributed by atoms with Gasteiger partial charge in [0, 0.05) is 12.0 Å². The summed E-state index contributed by atoms with van der Waals surface area (Å²) in [5.41, 5.74) is -0.900. The van der Waals surface area contributed by atoms with E-state index in [-0.39, 0.29) is 12.1 Å². The molecule has 5 nitrogen and oxygen atoms in total. The average molecular weight is 280 g/mol. The normalized spacial score (nSPS) is 18.4. The highest BCUT2D eigenvalue weighted by Crippen LogP contribution is 2.17. The smallest absolute Gasteiger partial charge is 0.193 e. The van der Waals surface area contributed by atoms with Crippen LogP contribution in [0.3, 0.4) is 0 Å². The molecule has 0 amide bonds. The van der Waals surface area contributed by atoms with Crippen LogP contribution in [0.5, 0.6) is 5.75 Å². The molecule has 0 radical (unpaired) electrons. The molecule has 1 N–H and O–H groups in total. The third-order valence-electron chi connectivity index (χ3n) is 2.99. The van der Waals surface area contributed by atoms with Gasteiger partial charge in [-0.3, -0.25) is 4.79 Å². The molecule has 1 unspecified atom stereocenters. The molecule has 2 rings (SSSR count). The largest absolute Gasteiger partial charge is 0.491 e.